The van der Waals surface area contributed by atoms with Crippen LogP contribution in [0.4, 0.5) is 0 Å². The van der Waals surface area contributed by atoms with Crippen LogP contribution in [0.1, 0.15) is 51.0 Å². The molecule has 2 rings (SSSR count). The average molecular weight is 329 g/mol. The van der Waals surface area contributed by atoms with E-state index >= 15 is 0 Å². The molecule has 1 aliphatic carbocycles. The third-order valence-electron chi connectivity index (χ3n) is 3.84. The molecule has 2 unspecified atom stereocenters. The van der Waals surface area contributed by atoms with Crippen LogP contribution in [0.25, 0.3) is 0 Å². The smallest absolute Gasteiger partial charge is 0.265 e. The molecule has 0 radical (unpaired) electrons. The van der Waals surface area contributed by atoms with Gasteiger partial charge in [0.05, 0.1) is 5.69 Å². The predicted octanol–water partition coefficient (Wildman–Crippen LogP) is 3.28. The SMILES string of the molecule is CCOC1(c2nc(C)c(Br)c(=O)[nH]2)CCCC(C)C1. The van der Waals surface area contributed by atoms with E-state index in [1.807, 2.05) is 13.8 Å². The molecule has 106 valence electrons. The Labute approximate surface area is 122 Å². The van der Waals surface area contributed by atoms with Gasteiger partial charge in [0.1, 0.15) is 15.9 Å². The number of aromatic amines is 1. The number of nitrogens with one attached hydrogen (secondary N) is 1. The summed E-state index contributed by atoms with van der Waals surface area (Å²) in [4.78, 5) is 19.4. The van der Waals surface area contributed by atoms with Crippen LogP contribution in [0.15, 0.2) is 9.27 Å². The molecule has 1 aliphatic rings. The Morgan fingerprint density at radius 2 is 2.32 bits per heavy atom. The third kappa shape index (κ3) is 2.92. The minimum absolute atomic E-state index is 0.125. The molecule has 0 aromatic carbocycles. The molecule has 1 aromatic rings. The van der Waals surface area contributed by atoms with Crippen molar-refractivity contribution in [2.45, 2.75) is 52.1 Å². The summed E-state index contributed by atoms with van der Waals surface area (Å²) in [6, 6.07) is 0. The van der Waals surface area contributed by atoms with E-state index in [0.29, 0.717) is 22.8 Å². The highest BCUT2D eigenvalue weighted by Crippen LogP contribution is 2.41. The third-order valence-corrected chi connectivity index (χ3v) is 4.77. The van der Waals surface area contributed by atoms with Crippen molar-refractivity contribution in [3.63, 3.8) is 0 Å². The van der Waals surface area contributed by atoms with E-state index in [0.717, 1.165) is 25.0 Å². The van der Waals surface area contributed by atoms with Crippen molar-refractivity contribution in [3.05, 3.63) is 26.3 Å². The number of halogens is 1. The standard InChI is InChI=1S/C14H21BrN2O2/c1-4-19-14(7-5-6-9(2)8-14)13-16-10(3)11(15)12(18)17-13/h9H,4-8H2,1-3H3,(H,16,17,18). The summed E-state index contributed by atoms with van der Waals surface area (Å²) in [7, 11) is 0. The number of rotatable bonds is 3. The summed E-state index contributed by atoms with van der Waals surface area (Å²) in [6.45, 7) is 6.70. The molecule has 0 spiro atoms. The van der Waals surface area contributed by atoms with Gasteiger partial charge in [-0.2, -0.15) is 0 Å². The Morgan fingerprint density at radius 3 is 2.89 bits per heavy atom. The van der Waals surface area contributed by atoms with Gasteiger partial charge in [-0.1, -0.05) is 13.3 Å². The molecular weight excluding hydrogens is 308 g/mol. The molecule has 19 heavy (non-hydrogen) atoms. The predicted molar refractivity (Wildman–Crippen MR) is 78.2 cm³/mol. The molecule has 0 bridgehead atoms. The van der Waals surface area contributed by atoms with Crippen molar-refractivity contribution in [3.8, 4) is 0 Å². The van der Waals surface area contributed by atoms with Gasteiger partial charge in [0, 0.05) is 6.61 Å². The zero-order valence-electron chi connectivity index (χ0n) is 11.8. The fourth-order valence-electron chi connectivity index (χ4n) is 2.98. The molecule has 5 heteroatoms. The Balaban J connectivity index is 2.47. The maximum atomic E-state index is 11.9. The molecule has 4 nitrogen and oxygen atoms in total. The van der Waals surface area contributed by atoms with Crippen molar-refractivity contribution in [1.82, 2.24) is 9.97 Å². The van der Waals surface area contributed by atoms with E-state index in [1.54, 1.807) is 0 Å². The topological polar surface area (TPSA) is 55.0 Å². The highest BCUT2D eigenvalue weighted by molar-refractivity contribution is 9.10. The fourth-order valence-corrected chi connectivity index (χ4v) is 3.17. The first-order chi connectivity index (χ1) is 8.98. The Hall–Kier alpha value is -0.680. The van der Waals surface area contributed by atoms with Crippen molar-refractivity contribution >= 4 is 15.9 Å². The molecule has 1 saturated carbocycles. The average Bonchev–Trinajstić information content (AvgIpc) is 2.35. The molecule has 0 amide bonds. The minimum atomic E-state index is -0.420. The number of ether oxygens (including phenoxy) is 1. The summed E-state index contributed by atoms with van der Waals surface area (Å²) in [5.74, 6) is 1.28. The quantitative estimate of drug-likeness (QED) is 0.926. The largest absolute Gasteiger partial charge is 0.367 e. The summed E-state index contributed by atoms with van der Waals surface area (Å²) in [6.07, 6.45) is 4.18. The van der Waals surface area contributed by atoms with E-state index in [4.69, 9.17) is 4.74 Å². The van der Waals surface area contributed by atoms with Crippen molar-refractivity contribution in [1.29, 1.82) is 0 Å². The minimum Gasteiger partial charge on any atom is -0.367 e. The van der Waals surface area contributed by atoms with Gasteiger partial charge in [-0.3, -0.25) is 4.79 Å². The summed E-state index contributed by atoms with van der Waals surface area (Å²) in [5, 5.41) is 0. The number of H-pyrrole nitrogens is 1. The van der Waals surface area contributed by atoms with Crippen molar-refractivity contribution < 1.29 is 4.74 Å². The van der Waals surface area contributed by atoms with Crippen LogP contribution in [-0.2, 0) is 10.3 Å². The van der Waals surface area contributed by atoms with E-state index in [1.165, 1.54) is 6.42 Å². The monoisotopic (exact) mass is 328 g/mol. The lowest BCUT2D eigenvalue weighted by Gasteiger charge is -2.38. The fraction of sp³-hybridized carbons (Fsp3) is 0.714. The van der Waals surface area contributed by atoms with Crippen LogP contribution in [0.2, 0.25) is 0 Å². The van der Waals surface area contributed by atoms with Gasteiger partial charge in [0.15, 0.2) is 0 Å². The van der Waals surface area contributed by atoms with Gasteiger partial charge in [0.2, 0.25) is 0 Å². The molecule has 1 heterocycles. The molecule has 2 atom stereocenters. The second-order valence-electron chi connectivity index (χ2n) is 5.44. The van der Waals surface area contributed by atoms with Gasteiger partial charge in [-0.25, -0.2) is 4.98 Å². The maximum absolute atomic E-state index is 11.9. The number of nitrogens with zero attached hydrogens (tertiary/aromatic N) is 1. The van der Waals surface area contributed by atoms with Crippen LogP contribution < -0.4 is 5.56 Å². The first-order valence-corrected chi connectivity index (χ1v) is 7.68. The van der Waals surface area contributed by atoms with Gasteiger partial charge in [-0.05, 0) is 55.0 Å². The van der Waals surface area contributed by atoms with Gasteiger partial charge in [-0.15, -0.1) is 0 Å². The zero-order chi connectivity index (χ0) is 14.0. The molecule has 1 fully saturated rings. The number of hydrogen-bond donors (Lipinski definition) is 1. The Morgan fingerprint density at radius 1 is 1.58 bits per heavy atom. The summed E-state index contributed by atoms with van der Waals surface area (Å²) in [5.41, 5.74) is 0.174. The van der Waals surface area contributed by atoms with Crippen LogP contribution >= 0.6 is 15.9 Å². The van der Waals surface area contributed by atoms with Crippen LogP contribution in [-0.4, -0.2) is 16.6 Å². The zero-order valence-corrected chi connectivity index (χ0v) is 13.3. The van der Waals surface area contributed by atoms with E-state index in [9.17, 15) is 4.79 Å². The normalized spacial score (nSPS) is 27.5. The molecule has 0 saturated heterocycles. The van der Waals surface area contributed by atoms with Gasteiger partial charge in [0.25, 0.3) is 5.56 Å². The number of aromatic nitrogens is 2. The Kier molecular flexibility index (Phi) is 4.46. The van der Waals surface area contributed by atoms with Crippen LogP contribution in [0.5, 0.6) is 0 Å². The number of aryl methyl sites for hydroxylation is 1. The highest BCUT2D eigenvalue weighted by Gasteiger charge is 2.39. The van der Waals surface area contributed by atoms with E-state index in [2.05, 4.69) is 32.8 Å². The number of hydrogen-bond acceptors (Lipinski definition) is 3. The summed E-state index contributed by atoms with van der Waals surface area (Å²) < 4.78 is 6.54. The van der Waals surface area contributed by atoms with Crippen LogP contribution in [0.3, 0.4) is 0 Å². The lowest BCUT2D eigenvalue weighted by Crippen LogP contribution is -2.38. The second-order valence-corrected chi connectivity index (χ2v) is 6.24. The van der Waals surface area contributed by atoms with E-state index < -0.39 is 5.60 Å². The lowest BCUT2D eigenvalue weighted by atomic mass is 9.78. The molecule has 0 aliphatic heterocycles. The van der Waals surface area contributed by atoms with Gasteiger partial charge >= 0.3 is 0 Å². The first-order valence-electron chi connectivity index (χ1n) is 6.89. The lowest BCUT2D eigenvalue weighted by molar-refractivity contribution is -0.0883. The first kappa shape index (κ1) is 14.7. The molecule has 1 aromatic heterocycles. The van der Waals surface area contributed by atoms with Crippen molar-refractivity contribution in [2.75, 3.05) is 6.61 Å². The maximum Gasteiger partial charge on any atom is 0.265 e. The van der Waals surface area contributed by atoms with Gasteiger partial charge < -0.3 is 9.72 Å². The molecular formula is C14H21BrN2O2. The highest BCUT2D eigenvalue weighted by atomic mass is 79.9. The Bertz CT molecular complexity index is 511. The summed E-state index contributed by atoms with van der Waals surface area (Å²) >= 11 is 3.26. The van der Waals surface area contributed by atoms with E-state index in [-0.39, 0.29) is 5.56 Å². The second kappa shape index (κ2) is 5.75. The van der Waals surface area contributed by atoms with Crippen molar-refractivity contribution in [2.24, 2.45) is 5.92 Å². The van der Waals surface area contributed by atoms with Crippen LogP contribution in [0, 0.1) is 12.8 Å². The molecule has 1 N–H and O–H groups in total.